The number of hydrogen-bond donors (Lipinski definition) is 0. The molecule has 1 aliphatic carbocycles. The van der Waals surface area contributed by atoms with Crippen molar-refractivity contribution in [1.82, 2.24) is 4.90 Å². The fourth-order valence-electron chi connectivity index (χ4n) is 4.22. The predicted octanol–water partition coefficient (Wildman–Crippen LogP) is 5.85. The maximum Gasteiger partial charge on any atom is 0.388 e. The van der Waals surface area contributed by atoms with Gasteiger partial charge in [-0.15, -0.1) is 0 Å². The van der Waals surface area contributed by atoms with Gasteiger partial charge in [0.05, 0.1) is 12.3 Å². The van der Waals surface area contributed by atoms with Crippen molar-refractivity contribution in [2.75, 3.05) is 27.2 Å². The molecule has 1 heterocycles. The van der Waals surface area contributed by atoms with Crippen molar-refractivity contribution in [3.8, 4) is 11.5 Å². The van der Waals surface area contributed by atoms with Crippen LogP contribution < -0.4 is 9.47 Å². The van der Waals surface area contributed by atoms with Crippen LogP contribution in [0.2, 0.25) is 0 Å². The predicted molar refractivity (Wildman–Crippen MR) is 127 cm³/mol. The van der Waals surface area contributed by atoms with Crippen LogP contribution >= 0.6 is 0 Å². The Labute approximate surface area is 187 Å². The Bertz CT molecular complexity index is 815. The molecule has 3 unspecified atom stereocenters. The lowest BCUT2D eigenvalue weighted by Gasteiger charge is -2.25. The van der Waals surface area contributed by atoms with Gasteiger partial charge in [0.1, 0.15) is 18.1 Å². The SMILES string of the molecule is C=COc1cc(CCCCC)cc(O/C(=N\C)OCC2CN2C)c1C1C=C(C)CCC1. The Kier molecular flexibility index (Phi) is 8.59. The lowest BCUT2D eigenvalue weighted by atomic mass is 9.84. The molecule has 3 atom stereocenters. The maximum absolute atomic E-state index is 6.30. The molecule has 0 amide bonds. The van der Waals surface area contributed by atoms with Gasteiger partial charge in [-0.3, -0.25) is 4.90 Å². The molecular formula is C26H38N2O3. The van der Waals surface area contributed by atoms with Crippen LogP contribution in [0.1, 0.15) is 69.4 Å². The minimum atomic E-state index is 0.246. The van der Waals surface area contributed by atoms with Gasteiger partial charge in [-0.1, -0.05) is 38.0 Å². The first-order valence-corrected chi connectivity index (χ1v) is 11.6. The molecule has 2 aliphatic rings. The number of ether oxygens (including phenoxy) is 3. The standard InChI is InChI=1S/C26H38N2O3/c1-6-8-9-12-20-15-23(29-7-2)25(21-13-10-11-19(3)14-21)24(16-20)31-26(27-4)30-18-22-17-28(22)5/h7,14-16,21-22H,2,6,8-13,17-18H2,1,3-5H3/b27-26-. The molecule has 0 saturated carbocycles. The van der Waals surface area contributed by atoms with Crippen molar-refractivity contribution in [1.29, 1.82) is 0 Å². The third kappa shape index (κ3) is 6.60. The monoisotopic (exact) mass is 426 g/mol. The van der Waals surface area contributed by atoms with E-state index in [2.05, 4.69) is 55.6 Å². The highest BCUT2D eigenvalue weighted by molar-refractivity contribution is 5.71. The molecule has 3 rings (SSSR count). The second-order valence-corrected chi connectivity index (χ2v) is 8.76. The van der Waals surface area contributed by atoms with Crippen LogP contribution in [0.3, 0.4) is 0 Å². The highest BCUT2D eigenvalue weighted by Crippen LogP contribution is 2.43. The second-order valence-electron chi connectivity index (χ2n) is 8.76. The van der Waals surface area contributed by atoms with Crippen LogP contribution in [0.15, 0.2) is 41.6 Å². The van der Waals surface area contributed by atoms with Crippen molar-refractivity contribution >= 4 is 6.08 Å². The van der Waals surface area contributed by atoms with Gasteiger partial charge >= 0.3 is 6.08 Å². The average Bonchev–Trinajstić information content (AvgIpc) is 3.46. The second kappa shape index (κ2) is 11.4. The highest BCUT2D eigenvalue weighted by Gasteiger charge is 2.31. The first-order chi connectivity index (χ1) is 15.0. The van der Waals surface area contributed by atoms with E-state index in [4.69, 9.17) is 14.2 Å². The normalized spacial score (nSPS) is 23.2. The van der Waals surface area contributed by atoms with Crippen molar-refractivity contribution < 1.29 is 14.2 Å². The quantitative estimate of drug-likeness (QED) is 0.118. The lowest BCUT2D eigenvalue weighted by Crippen LogP contribution is -2.19. The molecule has 5 nitrogen and oxygen atoms in total. The highest BCUT2D eigenvalue weighted by atomic mass is 16.7. The Morgan fingerprint density at radius 2 is 2.06 bits per heavy atom. The van der Waals surface area contributed by atoms with E-state index in [1.165, 1.54) is 30.2 Å². The van der Waals surface area contributed by atoms with Crippen LogP contribution in [-0.4, -0.2) is 44.3 Å². The van der Waals surface area contributed by atoms with Gasteiger partial charge in [0.25, 0.3) is 0 Å². The van der Waals surface area contributed by atoms with E-state index in [9.17, 15) is 0 Å². The zero-order valence-corrected chi connectivity index (χ0v) is 19.7. The van der Waals surface area contributed by atoms with Gasteiger partial charge in [-0.25, -0.2) is 4.99 Å². The van der Waals surface area contributed by atoms with Gasteiger partial charge in [-0.05, 0) is 63.8 Å². The number of nitrogens with zero attached hydrogens (tertiary/aromatic N) is 2. The third-order valence-electron chi connectivity index (χ3n) is 6.15. The largest absolute Gasteiger partial charge is 0.465 e. The molecule has 1 saturated heterocycles. The summed E-state index contributed by atoms with van der Waals surface area (Å²) < 4.78 is 18.1. The number of rotatable bonds is 10. The lowest BCUT2D eigenvalue weighted by molar-refractivity contribution is 0.226. The van der Waals surface area contributed by atoms with E-state index in [0.717, 1.165) is 55.7 Å². The molecule has 1 aliphatic heterocycles. The molecule has 1 aromatic carbocycles. The maximum atomic E-state index is 6.30. The summed E-state index contributed by atoms with van der Waals surface area (Å²) in [5.74, 6) is 1.86. The number of unbranched alkanes of at least 4 members (excludes halogenated alkanes) is 2. The molecule has 0 radical (unpaired) electrons. The Morgan fingerprint density at radius 3 is 2.71 bits per heavy atom. The van der Waals surface area contributed by atoms with Crippen LogP contribution in [0.25, 0.3) is 0 Å². The summed E-state index contributed by atoms with van der Waals surface area (Å²) in [7, 11) is 3.80. The van der Waals surface area contributed by atoms with E-state index in [1.807, 2.05) is 0 Å². The molecule has 5 heteroatoms. The van der Waals surface area contributed by atoms with Crippen molar-refractivity contribution in [3.63, 3.8) is 0 Å². The van der Waals surface area contributed by atoms with Crippen LogP contribution in [0.4, 0.5) is 0 Å². The molecule has 0 bridgehead atoms. The fraction of sp³-hybridized carbons (Fsp3) is 0.577. The summed E-state index contributed by atoms with van der Waals surface area (Å²) >= 11 is 0. The number of aliphatic imine (C=N–C) groups is 1. The molecular weight excluding hydrogens is 388 g/mol. The molecule has 1 aromatic rings. The van der Waals surface area contributed by atoms with Crippen LogP contribution in [0.5, 0.6) is 11.5 Å². The number of benzene rings is 1. The zero-order chi connectivity index (χ0) is 22.2. The molecule has 1 fully saturated rings. The topological polar surface area (TPSA) is 43.1 Å². The van der Waals surface area contributed by atoms with E-state index >= 15 is 0 Å². The molecule has 0 aromatic heterocycles. The first-order valence-electron chi connectivity index (χ1n) is 11.6. The van der Waals surface area contributed by atoms with E-state index in [1.54, 1.807) is 7.05 Å². The number of likely N-dealkylation sites (N-methyl/N-ethyl adjacent to an activating group) is 1. The van der Waals surface area contributed by atoms with E-state index in [-0.39, 0.29) is 5.92 Å². The van der Waals surface area contributed by atoms with Crippen LogP contribution in [-0.2, 0) is 11.2 Å². The third-order valence-corrected chi connectivity index (χ3v) is 6.15. The van der Waals surface area contributed by atoms with Crippen molar-refractivity contribution in [2.24, 2.45) is 4.99 Å². The summed E-state index contributed by atoms with van der Waals surface area (Å²) in [5, 5.41) is 0. The van der Waals surface area contributed by atoms with Gasteiger partial charge in [0.15, 0.2) is 0 Å². The van der Waals surface area contributed by atoms with Gasteiger partial charge in [-0.2, -0.15) is 0 Å². The van der Waals surface area contributed by atoms with Crippen molar-refractivity contribution in [2.45, 2.75) is 70.8 Å². The fourth-order valence-corrected chi connectivity index (χ4v) is 4.22. The van der Waals surface area contributed by atoms with Gasteiger partial charge < -0.3 is 14.2 Å². The van der Waals surface area contributed by atoms with Gasteiger partial charge in [0.2, 0.25) is 0 Å². The van der Waals surface area contributed by atoms with Crippen LogP contribution in [0, 0.1) is 0 Å². The molecule has 170 valence electrons. The number of allylic oxidation sites excluding steroid dienone is 2. The summed E-state index contributed by atoms with van der Waals surface area (Å²) in [6, 6.07) is 4.75. The molecule has 0 N–H and O–H groups in total. The van der Waals surface area contributed by atoms with Gasteiger partial charge in [0, 0.05) is 25.1 Å². The average molecular weight is 427 g/mol. The summed E-state index contributed by atoms with van der Waals surface area (Å²) in [5.41, 5.74) is 3.68. The summed E-state index contributed by atoms with van der Waals surface area (Å²) in [4.78, 5) is 6.50. The Hall–Kier alpha value is -2.27. The van der Waals surface area contributed by atoms with E-state index < -0.39 is 0 Å². The first kappa shape index (κ1) is 23.4. The Morgan fingerprint density at radius 1 is 1.29 bits per heavy atom. The summed E-state index contributed by atoms with van der Waals surface area (Å²) in [6.45, 7) is 9.87. The van der Waals surface area contributed by atoms with Crippen molar-refractivity contribution in [3.05, 3.63) is 47.7 Å². The molecule has 31 heavy (non-hydrogen) atoms. The molecule has 0 spiro atoms. The summed E-state index contributed by atoms with van der Waals surface area (Å²) in [6.07, 6.45) is 12.1. The van der Waals surface area contributed by atoms with E-state index in [0.29, 0.717) is 18.7 Å². The zero-order valence-electron chi connectivity index (χ0n) is 19.7. The number of aryl methyl sites for hydroxylation is 1. The number of hydrogen-bond acceptors (Lipinski definition) is 5. The Balaban J connectivity index is 1.92. The minimum absolute atomic E-state index is 0.246. The minimum Gasteiger partial charge on any atom is -0.465 e. The smallest absolute Gasteiger partial charge is 0.388 e.